The first-order chi connectivity index (χ1) is 18.6. The average Bonchev–Trinajstić information content (AvgIpc) is 3.60. The van der Waals surface area contributed by atoms with E-state index in [9.17, 15) is 9.18 Å². The molecule has 0 fully saturated rings. The Bertz CT molecular complexity index is 1610. The van der Waals surface area contributed by atoms with Crippen molar-refractivity contribution in [2.24, 2.45) is 5.10 Å². The molecule has 0 radical (unpaired) electrons. The van der Waals surface area contributed by atoms with Crippen LogP contribution in [0.1, 0.15) is 33.9 Å². The van der Waals surface area contributed by atoms with Crippen LogP contribution < -0.4 is 0 Å². The number of hydrogen-bond acceptors (Lipinski definition) is 3. The summed E-state index contributed by atoms with van der Waals surface area (Å²) in [6.45, 7) is 0. The second-order valence-electron chi connectivity index (χ2n) is 9.01. The molecule has 0 saturated carbocycles. The van der Waals surface area contributed by atoms with Crippen molar-refractivity contribution in [3.63, 3.8) is 0 Å². The van der Waals surface area contributed by atoms with E-state index in [1.165, 1.54) is 12.1 Å². The summed E-state index contributed by atoms with van der Waals surface area (Å²) >= 11 is 6.12. The van der Waals surface area contributed by atoms with E-state index in [4.69, 9.17) is 21.8 Å². The Morgan fingerprint density at radius 3 is 2.13 bits per heavy atom. The van der Waals surface area contributed by atoms with Crippen LogP contribution in [0.25, 0.3) is 16.9 Å². The van der Waals surface area contributed by atoms with E-state index in [1.54, 1.807) is 34.0 Å². The zero-order valence-electron chi connectivity index (χ0n) is 20.2. The molecule has 0 saturated heterocycles. The zero-order chi connectivity index (χ0) is 26.1. The van der Waals surface area contributed by atoms with E-state index in [-0.39, 0.29) is 11.7 Å². The molecule has 1 aromatic heterocycles. The van der Waals surface area contributed by atoms with Crippen LogP contribution in [0.4, 0.5) is 4.39 Å². The maximum Gasteiger partial charge on any atom is 0.274 e. The Balaban J connectivity index is 1.49. The van der Waals surface area contributed by atoms with Crippen LogP contribution in [0.2, 0.25) is 5.02 Å². The molecule has 1 amide bonds. The van der Waals surface area contributed by atoms with Crippen molar-refractivity contribution in [3.05, 3.63) is 143 Å². The van der Waals surface area contributed by atoms with Crippen LogP contribution in [0, 0.1) is 5.82 Å². The number of carbonyl (C=O) groups is 1. The van der Waals surface area contributed by atoms with Crippen molar-refractivity contribution in [1.29, 1.82) is 0 Å². The summed E-state index contributed by atoms with van der Waals surface area (Å²) in [4.78, 5) is 13.8. The fourth-order valence-electron chi connectivity index (χ4n) is 4.65. The van der Waals surface area contributed by atoms with Crippen molar-refractivity contribution >= 4 is 23.2 Å². The number of halogens is 2. The maximum absolute atomic E-state index is 13.8. The highest BCUT2D eigenvalue weighted by Crippen LogP contribution is 2.39. The number of nitrogens with zero attached hydrogens (tertiary/aromatic N) is 4. The second-order valence-corrected chi connectivity index (χ2v) is 9.45. The SMILES string of the molecule is O=C(c1ccccc1)N1N=C(c2ccc(Cl)cc2)CC1c1cn(-c2ccccc2)nc1-c1ccc(F)cc1. The third-order valence-corrected chi connectivity index (χ3v) is 6.81. The minimum Gasteiger partial charge on any atom is -0.267 e. The topological polar surface area (TPSA) is 50.5 Å². The van der Waals surface area contributed by atoms with Gasteiger partial charge in [-0.25, -0.2) is 14.1 Å². The van der Waals surface area contributed by atoms with Gasteiger partial charge in [-0.15, -0.1) is 0 Å². The molecular formula is C31H22ClFN4O. The largest absolute Gasteiger partial charge is 0.274 e. The van der Waals surface area contributed by atoms with Gasteiger partial charge in [0.1, 0.15) is 5.82 Å². The minimum absolute atomic E-state index is 0.211. The summed E-state index contributed by atoms with van der Waals surface area (Å²) in [6.07, 6.45) is 2.42. The lowest BCUT2D eigenvalue weighted by Crippen LogP contribution is -2.27. The number of para-hydroxylation sites is 1. The first-order valence-electron chi connectivity index (χ1n) is 12.2. The van der Waals surface area contributed by atoms with Gasteiger partial charge in [0.15, 0.2) is 0 Å². The van der Waals surface area contributed by atoms with Gasteiger partial charge in [-0.3, -0.25) is 4.79 Å². The predicted octanol–water partition coefficient (Wildman–Crippen LogP) is 7.32. The van der Waals surface area contributed by atoms with Gasteiger partial charge in [-0.1, -0.05) is 60.1 Å². The minimum atomic E-state index is -0.425. The predicted molar refractivity (Wildman–Crippen MR) is 147 cm³/mol. The summed E-state index contributed by atoms with van der Waals surface area (Å²) in [5.41, 5.74) is 5.31. The van der Waals surface area contributed by atoms with E-state index in [0.29, 0.717) is 22.7 Å². The molecule has 1 unspecified atom stereocenters. The Labute approximate surface area is 224 Å². The van der Waals surface area contributed by atoms with Crippen molar-refractivity contribution in [2.45, 2.75) is 12.5 Å². The molecule has 6 rings (SSSR count). The molecule has 0 aliphatic carbocycles. The number of amides is 1. The maximum atomic E-state index is 13.8. The van der Waals surface area contributed by atoms with Crippen molar-refractivity contribution < 1.29 is 9.18 Å². The molecule has 0 N–H and O–H groups in total. The lowest BCUT2D eigenvalue weighted by Gasteiger charge is -2.22. The second kappa shape index (κ2) is 10.1. The number of rotatable bonds is 5. The van der Waals surface area contributed by atoms with Crippen molar-refractivity contribution in [1.82, 2.24) is 14.8 Å². The molecule has 0 bridgehead atoms. The van der Waals surface area contributed by atoms with Crippen LogP contribution in [0.15, 0.2) is 120 Å². The Kier molecular flexibility index (Phi) is 6.32. The molecule has 5 nitrogen and oxygen atoms in total. The first kappa shape index (κ1) is 23.8. The number of benzene rings is 4. The highest BCUT2D eigenvalue weighted by molar-refractivity contribution is 6.30. The van der Waals surface area contributed by atoms with Gasteiger partial charge in [-0.2, -0.15) is 10.2 Å². The molecule has 1 atom stereocenters. The lowest BCUT2D eigenvalue weighted by atomic mass is 9.96. The van der Waals surface area contributed by atoms with Crippen LogP contribution in [0.3, 0.4) is 0 Å². The van der Waals surface area contributed by atoms with Gasteiger partial charge in [0, 0.05) is 34.3 Å². The molecule has 186 valence electrons. The van der Waals surface area contributed by atoms with Gasteiger partial charge in [0.25, 0.3) is 5.91 Å². The summed E-state index contributed by atoms with van der Waals surface area (Å²) in [5, 5.41) is 11.9. The normalized spacial score (nSPS) is 14.9. The van der Waals surface area contributed by atoms with E-state index in [2.05, 4.69) is 0 Å². The van der Waals surface area contributed by atoms with E-state index >= 15 is 0 Å². The molecule has 7 heteroatoms. The lowest BCUT2D eigenvalue weighted by molar-refractivity contribution is 0.0711. The molecular weight excluding hydrogens is 499 g/mol. The fourth-order valence-corrected chi connectivity index (χ4v) is 4.77. The zero-order valence-corrected chi connectivity index (χ0v) is 21.0. The summed E-state index contributed by atoms with van der Waals surface area (Å²) in [6, 6.07) is 32.1. The average molecular weight is 521 g/mol. The van der Waals surface area contributed by atoms with E-state index in [1.807, 2.05) is 79.0 Å². The van der Waals surface area contributed by atoms with Crippen molar-refractivity contribution in [2.75, 3.05) is 0 Å². The van der Waals surface area contributed by atoms with E-state index < -0.39 is 6.04 Å². The number of hydrazone groups is 1. The monoisotopic (exact) mass is 520 g/mol. The summed E-state index contributed by atoms with van der Waals surface area (Å²) in [5.74, 6) is -0.537. The van der Waals surface area contributed by atoms with Gasteiger partial charge < -0.3 is 0 Å². The molecule has 1 aliphatic heterocycles. The molecule has 2 heterocycles. The van der Waals surface area contributed by atoms with Gasteiger partial charge in [0.05, 0.1) is 23.1 Å². The smallest absolute Gasteiger partial charge is 0.267 e. The van der Waals surface area contributed by atoms with Gasteiger partial charge >= 0.3 is 0 Å². The Hall–Kier alpha value is -4.55. The summed E-state index contributed by atoms with van der Waals surface area (Å²) < 4.78 is 15.6. The molecule has 1 aliphatic rings. The Morgan fingerprint density at radius 2 is 1.45 bits per heavy atom. The van der Waals surface area contributed by atoms with E-state index in [0.717, 1.165) is 28.1 Å². The molecule has 0 spiro atoms. The van der Waals surface area contributed by atoms with Crippen molar-refractivity contribution in [3.8, 4) is 16.9 Å². The van der Waals surface area contributed by atoms with Gasteiger partial charge in [0.2, 0.25) is 0 Å². The number of carbonyl (C=O) groups excluding carboxylic acids is 1. The molecule has 38 heavy (non-hydrogen) atoms. The standard InChI is InChI=1S/C31H22ClFN4O/c32-24-15-11-21(12-16-24)28-19-29(37(34-28)31(38)23-7-3-1-4-8-23)27-20-36(26-9-5-2-6-10-26)35-30(27)22-13-17-25(33)18-14-22/h1-18,20,29H,19H2. The van der Waals surface area contributed by atoms with Gasteiger partial charge in [-0.05, 0) is 66.2 Å². The third kappa shape index (κ3) is 4.62. The Morgan fingerprint density at radius 1 is 0.816 bits per heavy atom. The van der Waals surface area contributed by atoms with Crippen LogP contribution in [0.5, 0.6) is 0 Å². The first-order valence-corrected chi connectivity index (χ1v) is 12.6. The third-order valence-electron chi connectivity index (χ3n) is 6.56. The quantitative estimate of drug-likeness (QED) is 0.244. The number of aromatic nitrogens is 2. The van der Waals surface area contributed by atoms with Crippen LogP contribution in [-0.2, 0) is 0 Å². The van der Waals surface area contributed by atoms with Crippen LogP contribution >= 0.6 is 11.6 Å². The fraction of sp³-hybridized carbons (Fsp3) is 0.0645. The number of hydrogen-bond donors (Lipinski definition) is 0. The molecule has 5 aromatic rings. The van der Waals surface area contributed by atoms with Crippen LogP contribution in [-0.4, -0.2) is 26.4 Å². The summed E-state index contributed by atoms with van der Waals surface area (Å²) in [7, 11) is 0. The highest BCUT2D eigenvalue weighted by atomic mass is 35.5. The molecule has 4 aromatic carbocycles. The highest BCUT2D eigenvalue weighted by Gasteiger charge is 2.36.